The standard InChI is InChI=1S/C11H14O5/c12-8(2-4-11(15)16)5-7-1-3-9(13)10(14)6-7/h1,3,6,8,12-14H,2,4-5H2,(H,15,16). The predicted molar refractivity (Wildman–Crippen MR) is 56.4 cm³/mol. The molecular weight excluding hydrogens is 212 g/mol. The maximum Gasteiger partial charge on any atom is 0.303 e. The highest BCUT2D eigenvalue weighted by atomic mass is 16.4. The largest absolute Gasteiger partial charge is 0.504 e. The summed E-state index contributed by atoms with van der Waals surface area (Å²) >= 11 is 0. The number of carboxylic acids is 1. The minimum Gasteiger partial charge on any atom is -0.504 e. The van der Waals surface area contributed by atoms with Gasteiger partial charge in [0.2, 0.25) is 0 Å². The van der Waals surface area contributed by atoms with Crippen molar-refractivity contribution in [3.8, 4) is 11.5 Å². The fourth-order valence-corrected chi connectivity index (χ4v) is 1.36. The molecule has 0 radical (unpaired) electrons. The van der Waals surface area contributed by atoms with E-state index in [9.17, 15) is 15.0 Å². The maximum atomic E-state index is 10.3. The highest BCUT2D eigenvalue weighted by molar-refractivity contribution is 5.66. The summed E-state index contributed by atoms with van der Waals surface area (Å²) in [5.41, 5.74) is 0.646. The summed E-state index contributed by atoms with van der Waals surface area (Å²) in [6.45, 7) is 0. The Hall–Kier alpha value is -1.75. The summed E-state index contributed by atoms with van der Waals surface area (Å²) in [4.78, 5) is 10.3. The Morgan fingerprint density at radius 2 is 1.94 bits per heavy atom. The second-order valence-electron chi connectivity index (χ2n) is 3.61. The molecule has 1 atom stereocenters. The van der Waals surface area contributed by atoms with Gasteiger partial charge in [-0.25, -0.2) is 0 Å². The molecule has 0 heterocycles. The van der Waals surface area contributed by atoms with Gasteiger partial charge >= 0.3 is 5.97 Å². The minimum absolute atomic E-state index is 0.0920. The highest BCUT2D eigenvalue weighted by Crippen LogP contribution is 2.25. The van der Waals surface area contributed by atoms with Crippen molar-refractivity contribution in [2.75, 3.05) is 0 Å². The quantitative estimate of drug-likeness (QED) is 0.558. The van der Waals surface area contributed by atoms with E-state index in [2.05, 4.69) is 0 Å². The van der Waals surface area contributed by atoms with E-state index in [-0.39, 0.29) is 30.8 Å². The van der Waals surface area contributed by atoms with Crippen LogP contribution in [0, 0.1) is 0 Å². The summed E-state index contributed by atoms with van der Waals surface area (Å²) < 4.78 is 0. The van der Waals surface area contributed by atoms with Crippen molar-refractivity contribution in [1.82, 2.24) is 0 Å². The number of hydrogen-bond donors (Lipinski definition) is 4. The van der Waals surface area contributed by atoms with E-state index in [1.54, 1.807) is 6.07 Å². The SMILES string of the molecule is O=C(O)CCC(O)Cc1ccc(O)c(O)c1. The molecule has 5 nitrogen and oxygen atoms in total. The molecule has 1 aromatic carbocycles. The average molecular weight is 226 g/mol. The van der Waals surface area contributed by atoms with Crippen LogP contribution in [0.1, 0.15) is 18.4 Å². The Bertz CT molecular complexity index is 375. The smallest absolute Gasteiger partial charge is 0.303 e. The summed E-state index contributed by atoms with van der Waals surface area (Å²) in [6, 6.07) is 4.24. The van der Waals surface area contributed by atoms with Crippen LogP contribution < -0.4 is 0 Å². The number of benzene rings is 1. The van der Waals surface area contributed by atoms with Crippen molar-refractivity contribution in [3.63, 3.8) is 0 Å². The minimum atomic E-state index is -0.951. The molecular formula is C11H14O5. The van der Waals surface area contributed by atoms with Gasteiger partial charge in [-0.2, -0.15) is 0 Å². The first-order valence-electron chi connectivity index (χ1n) is 4.89. The molecule has 1 aromatic rings. The van der Waals surface area contributed by atoms with E-state index in [0.29, 0.717) is 5.56 Å². The molecule has 1 unspecified atom stereocenters. The van der Waals surface area contributed by atoms with Crippen molar-refractivity contribution in [1.29, 1.82) is 0 Å². The molecule has 0 aliphatic carbocycles. The number of hydrogen-bond acceptors (Lipinski definition) is 4. The van der Waals surface area contributed by atoms with E-state index < -0.39 is 12.1 Å². The summed E-state index contributed by atoms with van der Waals surface area (Å²) in [5.74, 6) is -1.42. The van der Waals surface area contributed by atoms with Crippen LogP contribution in [0.15, 0.2) is 18.2 Å². The van der Waals surface area contributed by atoms with Crippen molar-refractivity contribution in [3.05, 3.63) is 23.8 Å². The number of phenolic OH excluding ortho intramolecular Hbond substituents is 2. The fourth-order valence-electron chi connectivity index (χ4n) is 1.36. The van der Waals surface area contributed by atoms with Crippen molar-refractivity contribution in [2.45, 2.75) is 25.4 Å². The zero-order valence-electron chi connectivity index (χ0n) is 8.63. The van der Waals surface area contributed by atoms with Gasteiger partial charge in [-0.15, -0.1) is 0 Å². The fraction of sp³-hybridized carbons (Fsp3) is 0.364. The van der Waals surface area contributed by atoms with Crippen molar-refractivity contribution < 1.29 is 25.2 Å². The number of aliphatic hydroxyl groups is 1. The van der Waals surface area contributed by atoms with Crippen molar-refractivity contribution >= 4 is 5.97 Å². The van der Waals surface area contributed by atoms with Gasteiger partial charge in [-0.05, 0) is 30.5 Å². The number of aliphatic hydroxyl groups excluding tert-OH is 1. The zero-order valence-corrected chi connectivity index (χ0v) is 8.63. The van der Waals surface area contributed by atoms with Crippen LogP contribution in [0.3, 0.4) is 0 Å². The third-order valence-corrected chi connectivity index (χ3v) is 2.20. The molecule has 0 spiro atoms. The molecule has 16 heavy (non-hydrogen) atoms. The van der Waals surface area contributed by atoms with Gasteiger partial charge in [0.15, 0.2) is 11.5 Å². The molecule has 0 bridgehead atoms. The lowest BCUT2D eigenvalue weighted by atomic mass is 10.0. The summed E-state index contributed by atoms with van der Waals surface area (Å²) in [7, 11) is 0. The number of carbonyl (C=O) groups is 1. The van der Waals surface area contributed by atoms with Gasteiger partial charge in [0, 0.05) is 6.42 Å². The Kier molecular flexibility index (Phi) is 4.13. The first kappa shape index (κ1) is 12.3. The third kappa shape index (κ3) is 3.78. The van der Waals surface area contributed by atoms with Crippen LogP contribution in [0.4, 0.5) is 0 Å². The maximum absolute atomic E-state index is 10.3. The van der Waals surface area contributed by atoms with E-state index in [1.807, 2.05) is 0 Å². The Morgan fingerprint density at radius 1 is 1.25 bits per heavy atom. The second kappa shape index (κ2) is 5.37. The van der Waals surface area contributed by atoms with Gasteiger partial charge in [0.1, 0.15) is 0 Å². The molecule has 0 aliphatic heterocycles. The number of rotatable bonds is 5. The molecule has 5 heteroatoms. The van der Waals surface area contributed by atoms with Crippen LogP contribution in [0.25, 0.3) is 0 Å². The molecule has 0 aliphatic rings. The van der Waals surface area contributed by atoms with Gasteiger partial charge in [0.05, 0.1) is 6.10 Å². The molecule has 1 rings (SSSR count). The van der Waals surface area contributed by atoms with E-state index in [1.165, 1.54) is 12.1 Å². The normalized spacial score (nSPS) is 12.3. The van der Waals surface area contributed by atoms with Crippen LogP contribution in [0.2, 0.25) is 0 Å². The lowest BCUT2D eigenvalue weighted by Crippen LogP contribution is -2.12. The van der Waals surface area contributed by atoms with E-state index in [0.717, 1.165) is 0 Å². The molecule has 4 N–H and O–H groups in total. The Morgan fingerprint density at radius 3 is 2.50 bits per heavy atom. The monoisotopic (exact) mass is 226 g/mol. The first-order valence-corrected chi connectivity index (χ1v) is 4.89. The lowest BCUT2D eigenvalue weighted by molar-refractivity contribution is -0.137. The van der Waals surface area contributed by atoms with Crippen LogP contribution in [0.5, 0.6) is 11.5 Å². The molecule has 0 aromatic heterocycles. The van der Waals surface area contributed by atoms with Crippen LogP contribution in [-0.2, 0) is 11.2 Å². The predicted octanol–water partition coefficient (Wildman–Crippen LogP) is 0.866. The van der Waals surface area contributed by atoms with Gasteiger partial charge in [-0.3, -0.25) is 4.79 Å². The van der Waals surface area contributed by atoms with Gasteiger partial charge in [-0.1, -0.05) is 6.07 Å². The Balaban J connectivity index is 2.52. The van der Waals surface area contributed by atoms with Crippen LogP contribution in [-0.4, -0.2) is 32.5 Å². The summed E-state index contributed by atoms with van der Waals surface area (Å²) in [5, 5.41) is 36.2. The number of aliphatic carboxylic acids is 1. The molecule has 0 saturated heterocycles. The summed E-state index contributed by atoms with van der Waals surface area (Å²) in [6.07, 6.45) is -0.441. The molecule has 88 valence electrons. The lowest BCUT2D eigenvalue weighted by Gasteiger charge is -2.09. The average Bonchev–Trinajstić information content (AvgIpc) is 2.21. The van der Waals surface area contributed by atoms with E-state index in [4.69, 9.17) is 10.2 Å². The van der Waals surface area contributed by atoms with Crippen molar-refractivity contribution in [2.24, 2.45) is 0 Å². The topological polar surface area (TPSA) is 98.0 Å². The number of phenols is 2. The zero-order chi connectivity index (χ0) is 12.1. The third-order valence-electron chi connectivity index (χ3n) is 2.20. The van der Waals surface area contributed by atoms with Gasteiger partial charge in [0.25, 0.3) is 0 Å². The number of carboxylic acid groups (broad SMARTS) is 1. The molecule has 0 saturated carbocycles. The first-order chi connectivity index (χ1) is 7.49. The number of aromatic hydroxyl groups is 2. The van der Waals surface area contributed by atoms with Crippen LogP contribution >= 0.6 is 0 Å². The van der Waals surface area contributed by atoms with Gasteiger partial charge < -0.3 is 20.4 Å². The molecule has 0 amide bonds. The Labute approximate surface area is 92.6 Å². The molecule has 0 fully saturated rings. The highest BCUT2D eigenvalue weighted by Gasteiger charge is 2.09. The van der Waals surface area contributed by atoms with E-state index >= 15 is 0 Å². The second-order valence-corrected chi connectivity index (χ2v) is 3.61.